The second kappa shape index (κ2) is 8.03. The van der Waals surface area contributed by atoms with E-state index in [1.54, 1.807) is 0 Å². The molecule has 0 aliphatic heterocycles. The molecule has 1 atom stereocenters. The van der Waals surface area contributed by atoms with E-state index in [9.17, 15) is 0 Å². The van der Waals surface area contributed by atoms with Crippen molar-refractivity contribution >= 4 is 23.2 Å². The van der Waals surface area contributed by atoms with E-state index in [0.29, 0.717) is 5.92 Å². The third-order valence-corrected chi connectivity index (χ3v) is 3.74. The summed E-state index contributed by atoms with van der Waals surface area (Å²) < 4.78 is 1.99. The summed E-state index contributed by atoms with van der Waals surface area (Å²) in [5.74, 6) is 1.31. The van der Waals surface area contributed by atoms with Crippen LogP contribution in [-0.4, -0.2) is 22.2 Å². The lowest BCUT2D eigenvalue weighted by Crippen LogP contribution is -2.22. The average molecular weight is 292 g/mol. The molecule has 1 N–H and O–H groups in total. The van der Waals surface area contributed by atoms with Crippen LogP contribution in [0.1, 0.15) is 38.6 Å². The summed E-state index contributed by atoms with van der Waals surface area (Å²) in [6, 6.07) is 0. The van der Waals surface area contributed by atoms with Gasteiger partial charge in [0.2, 0.25) is 0 Å². The molecule has 18 heavy (non-hydrogen) atoms. The lowest BCUT2D eigenvalue weighted by atomic mass is 10.1. The van der Waals surface area contributed by atoms with Crippen LogP contribution in [0.5, 0.6) is 0 Å². The summed E-state index contributed by atoms with van der Waals surface area (Å²) in [5, 5.41) is 8.76. The first-order valence-corrected chi connectivity index (χ1v) is 7.55. The first kappa shape index (κ1) is 15.8. The maximum Gasteiger partial charge on any atom is 0.0863 e. The normalized spacial score (nSPS) is 12.9. The molecule has 1 unspecified atom stereocenters. The minimum Gasteiger partial charge on any atom is -0.311 e. The molecule has 1 rings (SSSR count). The molecular formula is C13H23Cl2N3. The van der Waals surface area contributed by atoms with Gasteiger partial charge in [-0.15, -0.1) is 11.6 Å². The molecule has 0 aromatic carbocycles. The fourth-order valence-corrected chi connectivity index (χ4v) is 2.62. The van der Waals surface area contributed by atoms with Gasteiger partial charge in [0.1, 0.15) is 0 Å². The van der Waals surface area contributed by atoms with E-state index in [0.717, 1.165) is 54.8 Å². The molecule has 0 aliphatic carbocycles. The Balaban J connectivity index is 2.58. The zero-order valence-corrected chi connectivity index (χ0v) is 13.0. The van der Waals surface area contributed by atoms with Crippen LogP contribution in [0, 0.1) is 5.92 Å². The van der Waals surface area contributed by atoms with Gasteiger partial charge in [0.05, 0.1) is 16.4 Å². The predicted molar refractivity (Wildman–Crippen MR) is 78.5 cm³/mol. The van der Waals surface area contributed by atoms with Gasteiger partial charge in [-0.2, -0.15) is 5.10 Å². The van der Waals surface area contributed by atoms with Crippen molar-refractivity contribution in [1.82, 2.24) is 15.1 Å². The lowest BCUT2D eigenvalue weighted by molar-refractivity contribution is 0.488. The largest absolute Gasteiger partial charge is 0.311 e. The van der Waals surface area contributed by atoms with Crippen molar-refractivity contribution in [2.45, 2.75) is 46.7 Å². The molecule has 5 heteroatoms. The van der Waals surface area contributed by atoms with Gasteiger partial charge in [-0.1, -0.05) is 25.4 Å². The molecule has 0 amide bonds. The number of hydrogen-bond acceptors (Lipinski definition) is 2. The number of aromatic nitrogens is 2. The van der Waals surface area contributed by atoms with Gasteiger partial charge >= 0.3 is 0 Å². The molecule has 1 aromatic heterocycles. The zero-order chi connectivity index (χ0) is 13.5. The molecule has 0 bridgehead atoms. The van der Waals surface area contributed by atoms with E-state index in [1.165, 1.54) is 0 Å². The van der Waals surface area contributed by atoms with Crippen molar-refractivity contribution in [3.8, 4) is 0 Å². The van der Waals surface area contributed by atoms with Crippen molar-refractivity contribution in [2.75, 3.05) is 12.4 Å². The Morgan fingerprint density at radius 2 is 2.11 bits per heavy atom. The van der Waals surface area contributed by atoms with Gasteiger partial charge in [-0.3, -0.25) is 4.68 Å². The maximum absolute atomic E-state index is 6.34. The minimum absolute atomic E-state index is 0.588. The standard InChI is InChI=1S/C13H23Cl2N3/c1-4-11-13(15)12(18(5-2)17-11)9-16-8-10(3)6-7-14/h10,16H,4-9H2,1-3H3. The monoisotopic (exact) mass is 291 g/mol. The predicted octanol–water partition coefficient (Wildman–Crippen LogP) is 3.47. The average Bonchev–Trinajstić information content (AvgIpc) is 2.66. The molecule has 0 saturated heterocycles. The summed E-state index contributed by atoms with van der Waals surface area (Å²) in [4.78, 5) is 0. The lowest BCUT2D eigenvalue weighted by Gasteiger charge is -2.11. The molecule has 0 saturated carbocycles. The van der Waals surface area contributed by atoms with E-state index < -0.39 is 0 Å². The van der Waals surface area contributed by atoms with E-state index in [4.69, 9.17) is 23.2 Å². The number of alkyl halides is 1. The van der Waals surface area contributed by atoms with Crippen LogP contribution in [0.4, 0.5) is 0 Å². The van der Waals surface area contributed by atoms with Crippen LogP contribution in [0.25, 0.3) is 0 Å². The molecular weight excluding hydrogens is 269 g/mol. The number of aryl methyl sites for hydroxylation is 2. The van der Waals surface area contributed by atoms with Gasteiger partial charge in [-0.25, -0.2) is 0 Å². The highest BCUT2D eigenvalue weighted by molar-refractivity contribution is 6.31. The van der Waals surface area contributed by atoms with Gasteiger partial charge in [0.25, 0.3) is 0 Å². The molecule has 1 heterocycles. The second-order valence-corrected chi connectivity index (χ2v) is 5.35. The topological polar surface area (TPSA) is 29.9 Å². The number of nitrogens with zero attached hydrogens (tertiary/aromatic N) is 2. The van der Waals surface area contributed by atoms with E-state index in [2.05, 4.69) is 31.2 Å². The molecule has 0 aliphatic rings. The summed E-state index contributed by atoms with van der Waals surface area (Å²) >= 11 is 12.1. The molecule has 0 radical (unpaired) electrons. The third kappa shape index (κ3) is 4.15. The third-order valence-electron chi connectivity index (χ3n) is 3.08. The van der Waals surface area contributed by atoms with Gasteiger partial charge in [-0.05, 0) is 32.2 Å². The molecule has 3 nitrogen and oxygen atoms in total. The van der Waals surface area contributed by atoms with Crippen molar-refractivity contribution < 1.29 is 0 Å². The highest BCUT2D eigenvalue weighted by Gasteiger charge is 2.13. The Bertz CT molecular complexity index is 363. The Morgan fingerprint density at radius 3 is 2.67 bits per heavy atom. The summed E-state index contributed by atoms with van der Waals surface area (Å²) in [5.41, 5.74) is 2.08. The number of halogens is 2. The summed E-state index contributed by atoms with van der Waals surface area (Å²) in [6.07, 6.45) is 1.91. The fraction of sp³-hybridized carbons (Fsp3) is 0.769. The van der Waals surface area contributed by atoms with Crippen LogP contribution in [0.3, 0.4) is 0 Å². The van der Waals surface area contributed by atoms with Crippen LogP contribution in [0.2, 0.25) is 5.02 Å². The van der Waals surface area contributed by atoms with Gasteiger partial charge < -0.3 is 5.32 Å². The van der Waals surface area contributed by atoms with Crippen molar-refractivity contribution in [3.63, 3.8) is 0 Å². The SMILES string of the molecule is CCc1nn(CC)c(CNCC(C)CCCl)c1Cl. The second-order valence-electron chi connectivity index (χ2n) is 4.59. The maximum atomic E-state index is 6.34. The molecule has 104 valence electrons. The summed E-state index contributed by atoms with van der Waals surface area (Å²) in [7, 11) is 0. The van der Waals surface area contributed by atoms with Gasteiger partial charge in [0.15, 0.2) is 0 Å². The quantitative estimate of drug-likeness (QED) is 0.743. The number of nitrogens with one attached hydrogen (secondary N) is 1. The van der Waals surface area contributed by atoms with Crippen molar-refractivity contribution in [2.24, 2.45) is 5.92 Å². The number of rotatable bonds is 8. The fourth-order valence-electron chi connectivity index (χ4n) is 1.91. The van der Waals surface area contributed by atoms with Crippen LogP contribution in [0.15, 0.2) is 0 Å². The van der Waals surface area contributed by atoms with Crippen LogP contribution < -0.4 is 5.32 Å². The zero-order valence-electron chi connectivity index (χ0n) is 11.5. The number of hydrogen-bond donors (Lipinski definition) is 1. The van der Waals surface area contributed by atoms with Crippen LogP contribution in [-0.2, 0) is 19.5 Å². The van der Waals surface area contributed by atoms with E-state index >= 15 is 0 Å². The Kier molecular flexibility index (Phi) is 7.05. The van der Waals surface area contributed by atoms with E-state index in [1.807, 2.05) is 4.68 Å². The van der Waals surface area contributed by atoms with Crippen LogP contribution >= 0.6 is 23.2 Å². The first-order chi connectivity index (χ1) is 8.63. The minimum atomic E-state index is 0.588. The smallest absolute Gasteiger partial charge is 0.0863 e. The van der Waals surface area contributed by atoms with E-state index in [-0.39, 0.29) is 0 Å². The van der Waals surface area contributed by atoms with Crippen molar-refractivity contribution in [3.05, 3.63) is 16.4 Å². The molecule has 1 aromatic rings. The first-order valence-electron chi connectivity index (χ1n) is 6.64. The molecule has 0 spiro atoms. The Labute approximate surface area is 120 Å². The van der Waals surface area contributed by atoms with Gasteiger partial charge in [0, 0.05) is 19.0 Å². The van der Waals surface area contributed by atoms with Crippen molar-refractivity contribution in [1.29, 1.82) is 0 Å². The molecule has 0 fully saturated rings. The highest BCUT2D eigenvalue weighted by Crippen LogP contribution is 2.21. The highest BCUT2D eigenvalue weighted by atomic mass is 35.5. The Hall–Kier alpha value is -0.250. The Morgan fingerprint density at radius 1 is 1.39 bits per heavy atom. The summed E-state index contributed by atoms with van der Waals surface area (Å²) in [6.45, 7) is 8.95.